The molecule has 0 radical (unpaired) electrons. The molecular formula is C8H12N2O3. The Kier molecular flexibility index (Phi) is 3.00. The number of nitrogens with zero attached hydrogens (tertiary/aromatic N) is 2. The number of aromatic nitrogens is 2. The third-order valence-corrected chi connectivity index (χ3v) is 2.03. The summed E-state index contributed by atoms with van der Waals surface area (Å²) in [7, 11) is 0. The predicted octanol–water partition coefficient (Wildman–Crippen LogP) is 1.03. The van der Waals surface area contributed by atoms with E-state index in [2.05, 4.69) is 14.9 Å². The number of carboxylic acid groups (broad SMARTS) is 1. The Morgan fingerprint density at radius 1 is 1.62 bits per heavy atom. The summed E-state index contributed by atoms with van der Waals surface area (Å²) in [5.74, 6) is -1.20. The van der Waals surface area contributed by atoms with Gasteiger partial charge in [0, 0.05) is 6.42 Å². The molecule has 1 N–H and O–H groups in total. The Morgan fingerprint density at radius 3 is 2.69 bits per heavy atom. The van der Waals surface area contributed by atoms with Crippen LogP contribution in [0.1, 0.15) is 24.7 Å². The van der Waals surface area contributed by atoms with E-state index in [4.69, 9.17) is 5.11 Å². The van der Waals surface area contributed by atoms with Gasteiger partial charge in [-0.1, -0.05) is 17.2 Å². The first kappa shape index (κ1) is 9.70. The van der Waals surface area contributed by atoms with Gasteiger partial charge >= 0.3 is 5.97 Å². The zero-order valence-electron chi connectivity index (χ0n) is 7.65. The molecule has 1 unspecified atom stereocenters. The van der Waals surface area contributed by atoms with Gasteiger partial charge in [0.1, 0.15) is 11.4 Å². The maximum atomic E-state index is 10.7. The molecule has 0 aliphatic carbocycles. The van der Waals surface area contributed by atoms with Crippen LogP contribution < -0.4 is 0 Å². The first-order chi connectivity index (χ1) is 6.15. The van der Waals surface area contributed by atoms with Crippen LogP contribution in [0.5, 0.6) is 0 Å². The van der Waals surface area contributed by atoms with E-state index in [1.54, 1.807) is 6.92 Å². The highest BCUT2D eigenvalue weighted by atomic mass is 16.6. The Hall–Kier alpha value is -1.39. The highest BCUT2D eigenvalue weighted by Gasteiger charge is 2.18. The molecule has 1 atom stereocenters. The predicted molar refractivity (Wildman–Crippen MR) is 44.2 cm³/mol. The molecule has 0 aromatic carbocycles. The topological polar surface area (TPSA) is 76.2 Å². The maximum absolute atomic E-state index is 10.7. The maximum Gasteiger partial charge on any atom is 0.306 e. The summed E-state index contributed by atoms with van der Waals surface area (Å²) in [6.07, 6.45) is 0.975. The standard InChI is InChI=1S/C8H12N2O3/c1-3-6(8(11)12)4-7-5(2)9-13-10-7/h6H,3-4H2,1-2H3,(H,11,12). The number of aryl methyl sites for hydroxylation is 1. The summed E-state index contributed by atoms with van der Waals surface area (Å²) in [5.41, 5.74) is 1.30. The van der Waals surface area contributed by atoms with Gasteiger partial charge in [0.2, 0.25) is 0 Å². The Morgan fingerprint density at radius 2 is 2.31 bits per heavy atom. The number of hydrogen-bond donors (Lipinski definition) is 1. The molecule has 0 saturated carbocycles. The van der Waals surface area contributed by atoms with E-state index >= 15 is 0 Å². The van der Waals surface area contributed by atoms with Crippen molar-refractivity contribution in [1.29, 1.82) is 0 Å². The number of rotatable bonds is 4. The smallest absolute Gasteiger partial charge is 0.306 e. The lowest BCUT2D eigenvalue weighted by molar-refractivity contribution is -0.141. The normalized spacial score (nSPS) is 12.8. The minimum Gasteiger partial charge on any atom is -0.481 e. The molecule has 5 nitrogen and oxygen atoms in total. The second-order valence-corrected chi connectivity index (χ2v) is 2.94. The van der Waals surface area contributed by atoms with Crippen LogP contribution in [-0.4, -0.2) is 21.4 Å². The van der Waals surface area contributed by atoms with Crippen molar-refractivity contribution in [3.8, 4) is 0 Å². The average molecular weight is 184 g/mol. The quantitative estimate of drug-likeness (QED) is 0.756. The molecule has 1 aromatic rings. The van der Waals surface area contributed by atoms with Gasteiger partial charge in [-0.3, -0.25) is 4.79 Å². The first-order valence-corrected chi connectivity index (χ1v) is 4.16. The SMILES string of the molecule is CCC(Cc1nonc1C)C(=O)O. The van der Waals surface area contributed by atoms with Crippen LogP contribution in [0.2, 0.25) is 0 Å². The molecule has 0 fully saturated rings. The minimum absolute atomic E-state index is 0.390. The number of hydrogen-bond acceptors (Lipinski definition) is 4. The van der Waals surface area contributed by atoms with Crippen LogP contribution in [0, 0.1) is 12.8 Å². The van der Waals surface area contributed by atoms with Gasteiger partial charge in [-0.15, -0.1) is 0 Å². The Bertz CT molecular complexity index is 295. The van der Waals surface area contributed by atoms with Gasteiger partial charge in [0.15, 0.2) is 0 Å². The summed E-state index contributed by atoms with van der Waals surface area (Å²) in [6, 6.07) is 0. The zero-order chi connectivity index (χ0) is 9.84. The molecule has 72 valence electrons. The van der Waals surface area contributed by atoms with E-state index in [-0.39, 0.29) is 0 Å². The van der Waals surface area contributed by atoms with E-state index in [9.17, 15) is 4.79 Å². The zero-order valence-corrected chi connectivity index (χ0v) is 7.65. The van der Waals surface area contributed by atoms with Gasteiger partial charge in [-0.2, -0.15) is 0 Å². The van der Waals surface area contributed by atoms with Gasteiger partial charge in [-0.25, -0.2) is 4.63 Å². The second-order valence-electron chi connectivity index (χ2n) is 2.94. The Balaban J connectivity index is 2.67. The van der Waals surface area contributed by atoms with Crippen LogP contribution >= 0.6 is 0 Å². The van der Waals surface area contributed by atoms with Gasteiger partial charge in [0.05, 0.1) is 5.92 Å². The third kappa shape index (κ3) is 2.27. The lowest BCUT2D eigenvalue weighted by Crippen LogP contribution is -2.15. The van der Waals surface area contributed by atoms with E-state index in [1.165, 1.54) is 0 Å². The lowest BCUT2D eigenvalue weighted by atomic mass is 10.00. The molecule has 0 aliphatic heterocycles. The lowest BCUT2D eigenvalue weighted by Gasteiger charge is -2.05. The van der Waals surface area contributed by atoms with Crippen molar-refractivity contribution in [1.82, 2.24) is 10.3 Å². The van der Waals surface area contributed by atoms with Crippen LogP contribution in [0.3, 0.4) is 0 Å². The molecule has 0 bridgehead atoms. The van der Waals surface area contributed by atoms with Crippen molar-refractivity contribution in [2.24, 2.45) is 5.92 Å². The molecule has 0 saturated heterocycles. The molecule has 0 aliphatic rings. The third-order valence-electron chi connectivity index (χ3n) is 2.03. The van der Waals surface area contributed by atoms with E-state index in [0.717, 1.165) is 0 Å². The summed E-state index contributed by atoms with van der Waals surface area (Å²) < 4.78 is 4.48. The van der Waals surface area contributed by atoms with Crippen molar-refractivity contribution < 1.29 is 14.5 Å². The summed E-state index contributed by atoms with van der Waals surface area (Å²) in [5, 5.41) is 16.0. The monoisotopic (exact) mass is 184 g/mol. The first-order valence-electron chi connectivity index (χ1n) is 4.16. The minimum atomic E-state index is -0.801. The molecule has 1 aromatic heterocycles. The van der Waals surface area contributed by atoms with Crippen LogP contribution in [0.25, 0.3) is 0 Å². The van der Waals surface area contributed by atoms with Gasteiger partial charge in [0.25, 0.3) is 0 Å². The number of carboxylic acids is 1. The highest BCUT2D eigenvalue weighted by Crippen LogP contribution is 2.12. The van der Waals surface area contributed by atoms with Crippen LogP contribution in [-0.2, 0) is 11.2 Å². The molecule has 1 heterocycles. The van der Waals surface area contributed by atoms with Crippen LogP contribution in [0.15, 0.2) is 4.63 Å². The molecule has 0 amide bonds. The van der Waals surface area contributed by atoms with Crippen molar-refractivity contribution in [2.45, 2.75) is 26.7 Å². The van der Waals surface area contributed by atoms with E-state index in [1.807, 2.05) is 6.92 Å². The highest BCUT2D eigenvalue weighted by molar-refractivity contribution is 5.70. The summed E-state index contributed by atoms with van der Waals surface area (Å²) >= 11 is 0. The molecule has 0 spiro atoms. The summed E-state index contributed by atoms with van der Waals surface area (Å²) in [6.45, 7) is 3.59. The molecule has 5 heteroatoms. The average Bonchev–Trinajstić information content (AvgIpc) is 2.46. The van der Waals surface area contributed by atoms with E-state index in [0.29, 0.717) is 24.2 Å². The van der Waals surface area contributed by atoms with E-state index < -0.39 is 11.9 Å². The van der Waals surface area contributed by atoms with Gasteiger partial charge < -0.3 is 5.11 Å². The van der Waals surface area contributed by atoms with Gasteiger partial charge in [-0.05, 0) is 13.3 Å². The summed E-state index contributed by atoms with van der Waals surface area (Å²) in [4.78, 5) is 10.7. The van der Waals surface area contributed by atoms with Crippen molar-refractivity contribution in [3.63, 3.8) is 0 Å². The fourth-order valence-corrected chi connectivity index (χ4v) is 1.07. The largest absolute Gasteiger partial charge is 0.481 e. The number of carbonyl (C=O) groups is 1. The Labute approximate surface area is 75.7 Å². The molecule has 1 rings (SSSR count). The fraction of sp³-hybridized carbons (Fsp3) is 0.625. The van der Waals surface area contributed by atoms with Crippen molar-refractivity contribution >= 4 is 5.97 Å². The molecule has 13 heavy (non-hydrogen) atoms. The van der Waals surface area contributed by atoms with Crippen molar-refractivity contribution in [3.05, 3.63) is 11.4 Å². The number of aliphatic carboxylic acids is 1. The molecular weight excluding hydrogens is 172 g/mol. The van der Waals surface area contributed by atoms with Crippen LogP contribution in [0.4, 0.5) is 0 Å². The fourth-order valence-electron chi connectivity index (χ4n) is 1.07. The van der Waals surface area contributed by atoms with Crippen molar-refractivity contribution in [2.75, 3.05) is 0 Å². The second kappa shape index (κ2) is 4.02.